The van der Waals surface area contributed by atoms with E-state index in [-0.39, 0.29) is 38.6 Å². The van der Waals surface area contributed by atoms with Gasteiger partial charge >= 0.3 is 10.1 Å². The number of hydrogen-bond acceptors (Lipinski definition) is 9. The molecule has 0 saturated carbocycles. The van der Waals surface area contributed by atoms with E-state index in [1.165, 1.54) is 10.4 Å². The summed E-state index contributed by atoms with van der Waals surface area (Å²) >= 11 is 0. The summed E-state index contributed by atoms with van der Waals surface area (Å²) in [6.07, 6.45) is 6.83. The summed E-state index contributed by atoms with van der Waals surface area (Å²) in [6.45, 7) is 3.87. The van der Waals surface area contributed by atoms with E-state index in [4.69, 9.17) is 4.18 Å². The Morgan fingerprint density at radius 2 is 1.40 bits per heavy atom. The monoisotopic (exact) mass is 711 g/mol. The second-order valence-electron chi connectivity index (χ2n) is 10.8. The molecule has 1 aliphatic rings. The van der Waals surface area contributed by atoms with Crippen LogP contribution in [-0.4, -0.2) is 81.8 Å². The molecule has 1 saturated heterocycles. The number of sulfonamides is 1. The summed E-state index contributed by atoms with van der Waals surface area (Å²) in [5.74, 6) is 0.170. The Hall–Kier alpha value is -3.46. The van der Waals surface area contributed by atoms with Crippen LogP contribution >= 0.6 is 17.0 Å². The van der Waals surface area contributed by atoms with Crippen molar-refractivity contribution in [1.82, 2.24) is 24.5 Å². The Morgan fingerprint density at radius 1 is 0.822 bits per heavy atom. The van der Waals surface area contributed by atoms with E-state index in [2.05, 4.69) is 20.2 Å². The summed E-state index contributed by atoms with van der Waals surface area (Å²) in [5.41, 5.74) is 0.857. The number of rotatable bonds is 10. The topological polar surface area (TPSA) is 122 Å². The summed E-state index contributed by atoms with van der Waals surface area (Å²) in [5, 5.41) is 5.95. The highest BCUT2D eigenvalue weighted by atomic mass is 79.9. The first-order valence-corrected chi connectivity index (χ1v) is 17.2. The molecule has 0 amide bonds. The van der Waals surface area contributed by atoms with E-state index < -0.39 is 20.1 Å². The van der Waals surface area contributed by atoms with E-state index in [0.29, 0.717) is 29.1 Å². The van der Waals surface area contributed by atoms with Gasteiger partial charge in [0, 0.05) is 92.1 Å². The highest BCUT2D eigenvalue weighted by Crippen LogP contribution is 2.28. The number of aromatic nitrogens is 2. The van der Waals surface area contributed by atoms with E-state index in [1.54, 1.807) is 92.5 Å². The molecule has 2 aromatic heterocycles. The van der Waals surface area contributed by atoms with Crippen molar-refractivity contribution in [3.05, 3.63) is 103 Å². The predicted octanol–water partition coefficient (Wildman–Crippen LogP) is 4.27. The van der Waals surface area contributed by atoms with E-state index >= 15 is 0 Å². The molecule has 0 spiro atoms. The number of likely N-dealkylation sites (N-methyl/N-ethyl adjacent to an activating group) is 1. The molecule has 236 valence electrons. The van der Waals surface area contributed by atoms with Gasteiger partial charge in [-0.25, -0.2) is 8.42 Å². The van der Waals surface area contributed by atoms with Crippen molar-refractivity contribution in [2.45, 2.75) is 22.3 Å². The molecule has 0 aliphatic carbocycles. The van der Waals surface area contributed by atoms with Crippen LogP contribution in [0.5, 0.6) is 5.75 Å². The minimum atomic E-state index is -4.11. The maximum atomic E-state index is 14.0. The Labute approximate surface area is 274 Å². The molecule has 3 heterocycles. The van der Waals surface area contributed by atoms with Crippen LogP contribution in [0.15, 0.2) is 107 Å². The van der Waals surface area contributed by atoms with Gasteiger partial charge in [0.25, 0.3) is 0 Å². The molecule has 10 nitrogen and oxygen atoms in total. The highest BCUT2D eigenvalue weighted by molar-refractivity contribution is 8.93. The van der Waals surface area contributed by atoms with Gasteiger partial charge in [-0.15, -0.1) is 17.0 Å². The third-order valence-corrected chi connectivity index (χ3v) is 11.3. The van der Waals surface area contributed by atoms with Gasteiger partial charge in [0.05, 0.1) is 4.90 Å². The molecule has 0 bridgehead atoms. The SMILES string of the molecule is Br.CN(C(Cc1ccc(OS(=O)(=O)c2cccc3cnccc23)cc1)CN1CCNCC1)S(=O)(=O)c1cccc2cnccc12. The third-order valence-electron chi connectivity index (χ3n) is 8.00. The van der Waals surface area contributed by atoms with Crippen molar-refractivity contribution >= 4 is 58.7 Å². The zero-order chi connectivity index (χ0) is 30.7. The molecule has 6 rings (SSSR count). The van der Waals surface area contributed by atoms with Crippen molar-refractivity contribution in [3.63, 3.8) is 0 Å². The lowest BCUT2D eigenvalue weighted by Crippen LogP contribution is -2.51. The van der Waals surface area contributed by atoms with Gasteiger partial charge in [-0.05, 0) is 48.4 Å². The molecule has 5 aromatic rings. The van der Waals surface area contributed by atoms with Crippen LogP contribution < -0.4 is 9.50 Å². The third kappa shape index (κ3) is 7.19. The Balaban J connectivity index is 0.00000400. The zero-order valence-electron chi connectivity index (χ0n) is 24.6. The normalized spacial score (nSPS) is 15.2. The Morgan fingerprint density at radius 3 is 2.02 bits per heavy atom. The largest absolute Gasteiger partial charge is 0.379 e. The van der Waals surface area contributed by atoms with Gasteiger partial charge in [0.15, 0.2) is 0 Å². The van der Waals surface area contributed by atoms with Gasteiger partial charge in [-0.3, -0.25) is 14.9 Å². The first kappa shape index (κ1) is 32.9. The molecule has 1 unspecified atom stereocenters. The van der Waals surface area contributed by atoms with Gasteiger partial charge in [-0.1, -0.05) is 36.4 Å². The predicted molar refractivity (Wildman–Crippen MR) is 180 cm³/mol. The van der Waals surface area contributed by atoms with Crippen LogP contribution in [0.4, 0.5) is 0 Å². The second kappa shape index (κ2) is 13.9. The first-order valence-electron chi connectivity index (χ1n) is 14.3. The molecular formula is C32H34BrN5O5S2. The molecule has 1 aliphatic heterocycles. The molecule has 1 atom stereocenters. The fourth-order valence-corrected chi connectivity index (χ4v) is 8.32. The standard InChI is InChI=1S/C32H33N5O5S2.BrH/c1-36(43(38,39)31-6-2-4-25-21-34-14-12-29(25)31)27(23-37-18-16-33-17-19-37)20-24-8-10-28(11-9-24)42-44(40,41)32-7-3-5-26-22-35-15-13-30(26)32;/h2-15,21-22,27,33H,16-20,23H2,1H3;1H. The van der Waals surface area contributed by atoms with Crippen LogP contribution in [-0.2, 0) is 26.6 Å². The summed E-state index contributed by atoms with van der Waals surface area (Å²) in [6, 6.07) is 19.9. The molecule has 3 aromatic carbocycles. The summed E-state index contributed by atoms with van der Waals surface area (Å²) in [7, 11) is -6.34. The van der Waals surface area contributed by atoms with Gasteiger partial charge in [0.2, 0.25) is 10.0 Å². The molecule has 1 N–H and O–H groups in total. The zero-order valence-corrected chi connectivity index (χ0v) is 28.0. The molecule has 0 radical (unpaired) electrons. The number of nitrogens with one attached hydrogen (secondary N) is 1. The van der Waals surface area contributed by atoms with Gasteiger partial charge in [0.1, 0.15) is 10.6 Å². The Kier molecular flexibility index (Phi) is 10.2. The quantitative estimate of drug-likeness (QED) is 0.212. The van der Waals surface area contributed by atoms with E-state index in [9.17, 15) is 16.8 Å². The molecule has 1 fully saturated rings. The lowest BCUT2D eigenvalue weighted by atomic mass is 10.1. The minimum absolute atomic E-state index is 0. The maximum Gasteiger partial charge on any atom is 0.339 e. The number of pyridine rings is 2. The number of halogens is 1. The van der Waals surface area contributed by atoms with Crippen LogP contribution in [0.3, 0.4) is 0 Å². The Bertz CT molecular complexity index is 1990. The number of benzene rings is 3. The molecular weight excluding hydrogens is 678 g/mol. The number of nitrogens with zero attached hydrogens (tertiary/aromatic N) is 4. The number of hydrogen-bond donors (Lipinski definition) is 1. The van der Waals surface area contributed by atoms with Crippen molar-refractivity contribution in [2.75, 3.05) is 39.8 Å². The lowest BCUT2D eigenvalue weighted by molar-refractivity contribution is 0.190. The fourth-order valence-electron chi connectivity index (χ4n) is 5.60. The molecule has 45 heavy (non-hydrogen) atoms. The summed E-state index contributed by atoms with van der Waals surface area (Å²) < 4.78 is 61.4. The minimum Gasteiger partial charge on any atom is -0.379 e. The van der Waals surface area contributed by atoms with Crippen LogP contribution in [0.1, 0.15) is 5.56 Å². The van der Waals surface area contributed by atoms with Crippen LogP contribution in [0.25, 0.3) is 21.5 Å². The first-order chi connectivity index (χ1) is 21.2. The number of piperazine rings is 1. The average molecular weight is 713 g/mol. The maximum absolute atomic E-state index is 14.0. The van der Waals surface area contributed by atoms with Gasteiger partial charge in [-0.2, -0.15) is 12.7 Å². The van der Waals surface area contributed by atoms with Crippen molar-refractivity contribution in [1.29, 1.82) is 0 Å². The van der Waals surface area contributed by atoms with Crippen molar-refractivity contribution in [3.8, 4) is 5.75 Å². The van der Waals surface area contributed by atoms with Crippen molar-refractivity contribution in [2.24, 2.45) is 0 Å². The fraction of sp³-hybridized carbons (Fsp3) is 0.250. The van der Waals surface area contributed by atoms with Gasteiger partial charge < -0.3 is 9.50 Å². The van der Waals surface area contributed by atoms with Crippen molar-refractivity contribution < 1.29 is 21.0 Å². The van der Waals surface area contributed by atoms with Crippen LogP contribution in [0.2, 0.25) is 0 Å². The smallest absolute Gasteiger partial charge is 0.339 e. The van der Waals surface area contributed by atoms with E-state index in [1.807, 2.05) is 6.07 Å². The molecule has 13 heteroatoms. The number of fused-ring (bicyclic) bond motifs is 2. The lowest BCUT2D eigenvalue weighted by Gasteiger charge is -2.35. The second-order valence-corrected chi connectivity index (χ2v) is 14.3. The van der Waals surface area contributed by atoms with Crippen LogP contribution in [0, 0.1) is 0 Å². The average Bonchev–Trinajstić information content (AvgIpc) is 3.04. The summed E-state index contributed by atoms with van der Waals surface area (Å²) in [4.78, 5) is 10.8. The highest BCUT2D eigenvalue weighted by Gasteiger charge is 2.31. The van der Waals surface area contributed by atoms with E-state index in [0.717, 1.165) is 37.1 Å².